The van der Waals surface area contributed by atoms with Gasteiger partial charge in [0.05, 0.1) is 7.11 Å². The van der Waals surface area contributed by atoms with Crippen molar-refractivity contribution in [2.45, 2.75) is 51.7 Å². The zero-order valence-corrected chi connectivity index (χ0v) is 18.8. The number of aryl methyl sites for hydroxylation is 1. The number of alkyl carbamates (subject to hydrolysis) is 1. The van der Waals surface area contributed by atoms with Crippen LogP contribution in [0.15, 0.2) is 54.6 Å². The number of nitrogens with one attached hydrogen (secondary N) is 2. The third-order valence-electron chi connectivity index (χ3n) is 4.91. The second-order valence-electron chi connectivity index (χ2n) is 7.64. The lowest BCUT2D eigenvalue weighted by Crippen LogP contribution is -2.43. The number of unbranched alkanes of at least 4 members (excludes halogenated alkanes) is 2. The predicted octanol–water partition coefficient (Wildman–Crippen LogP) is 3.68. The van der Waals surface area contributed by atoms with Crippen LogP contribution >= 0.6 is 0 Å². The predicted molar refractivity (Wildman–Crippen MR) is 122 cm³/mol. The smallest absolute Gasteiger partial charge is 0.407 e. The maximum Gasteiger partial charge on any atom is 0.407 e. The molecule has 7 heteroatoms. The Morgan fingerprint density at radius 3 is 2.41 bits per heavy atom. The van der Waals surface area contributed by atoms with Gasteiger partial charge < -0.3 is 20.1 Å². The van der Waals surface area contributed by atoms with Crippen LogP contribution in [0.25, 0.3) is 0 Å². The quantitative estimate of drug-likeness (QED) is 0.388. The number of amides is 2. The van der Waals surface area contributed by atoms with Crippen molar-refractivity contribution < 1.29 is 23.9 Å². The lowest BCUT2D eigenvalue weighted by atomic mass is 10.0. The summed E-state index contributed by atoms with van der Waals surface area (Å²) in [6.45, 7) is 2.69. The number of esters is 1. The van der Waals surface area contributed by atoms with Crippen LogP contribution in [-0.4, -0.2) is 37.7 Å². The van der Waals surface area contributed by atoms with Gasteiger partial charge in [-0.25, -0.2) is 9.59 Å². The lowest BCUT2D eigenvalue weighted by molar-refractivity contribution is -0.145. The highest BCUT2D eigenvalue weighted by Crippen LogP contribution is 2.09. The molecule has 7 nitrogen and oxygen atoms in total. The number of ether oxygens (including phenoxy) is 2. The Morgan fingerprint density at radius 1 is 0.938 bits per heavy atom. The third-order valence-corrected chi connectivity index (χ3v) is 4.91. The molecule has 32 heavy (non-hydrogen) atoms. The van der Waals surface area contributed by atoms with E-state index < -0.39 is 18.1 Å². The highest BCUT2D eigenvalue weighted by molar-refractivity contribution is 5.84. The first kappa shape index (κ1) is 24.9. The summed E-state index contributed by atoms with van der Waals surface area (Å²) in [5.41, 5.74) is 2.99. The normalized spacial score (nSPS) is 11.3. The molecule has 0 aromatic heterocycles. The molecule has 0 fully saturated rings. The molecule has 0 saturated carbocycles. The minimum Gasteiger partial charge on any atom is -0.467 e. The van der Waals surface area contributed by atoms with Gasteiger partial charge in [-0.1, -0.05) is 66.6 Å². The molecule has 0 heterocycles. The molecule has 0 saturated heterocycles. The van der Waals surface area contributed by atoms with Gasteiger partial charge in [0, 0.05) is 19.4 Å². The zero-order valence-electron chi connectivity index (χ0n) is 18.8. The molecule has 2 amide bonds. The Morgan fingerprint density at radius 2 is 1.69 bits per heavy atom. The van der Waals surface area contributed by atoms with Crippen LogP contribution < -0.4 is 10.6 Å². The van der Waals surface area contributed by atoms with Gasteiger partial charge in [-0.15, -0.1) is 0 Å². The second kappa shape index (κ2) is 13.9. The van der Waals surface area contributed by atoms with Crippen molar-refractivity contribution in [1.29, 1.82) is 0 Å². The molecule has 0 aliphatic rings. The molecular weight excluding hydrogens is 408 g/mol. The molecule has 0 radical (unpaired) electrons. The first-order valence-corrected chi connectivity index (χ1v) is 10.8. The van der Waals surface area contributed by atoms with Crippen LogP contribution in [-0.2, 0) is 32.1 Å². The summed E-state index contributed by atoms with van der Waals surface area (Å²) in [5, 5.41) is 5.48. The van der Waals surface area contributed by atoms with E-state index in [1.807, 2.05) is 61.5 Å². The fourth-order valence-electron chi connectivity index (χ4n) is 3.23. The van der Waals surface area contributed by atoms with E-state index in [9.17, 15) is 14.4 Å². The van der Waals surface area contributed by atoms with Gasteiger partial charge in [0.25, 0.3) is 0 Å². The van der Waals surface area contributed by atoms with Gasteiger partial charge >= 0.3 is 12.1 Å². The number of carbonyl (C=O) groups excluding carboxylic acids is 3. The van der Waals surface area contributed by atoms with Gasteiger partial charge in [-0.3, -0.25) is 4.79 Å². The topological polar surface area (TPSA) is 93.7 Å². The molecule has 2 aromatic rings. The minimum absolute atomic E-state index is 0.191. The van der Waals surface area contributed by atoms with E-state index in [1.54, 1.807) is 0 Å². The summed E-state index contributed by atoms with van der Waals surface area (Å²) in [6.07, 6.45) is 2.40. The molecule has 1 atom stereocenters. The molecule has 0 spiro atoms. The van der Waals surface area contributed by atoms with Crippen molar-refractivity contribution in [2.24, 2.45) is 0 Å². The van der Waals surface area contributed by atoms with Crippen molar-refractivity contribution in [3.05, 3.63) is 71.3 Å². The maximum absolute atomic E-state index is 12.3. The molecule has 0 aliphatic heterocycles. The van der Waals surface area contributed by atoms with E-state index in [4.69, 9.17) is 9.47 Å². The Bertz CT molecular complexity index is 870. The largest absolute Gasteiger partial charge is 0.467 e. The van der Waals surface area contributed by atoms with Crippen molar-refractivity contribution in [3.8, 4) is 0 Å². The van der Waals surface area contributed by atoms with Crippen LogP contribution in [0.2, 0.25) is 0 Å². The summed E-state index contributed by atoms with van der Waals surface area (Å²) in [4.78, 5) is 36.1. The summed E-state index contributed by atoms with van der Waals surface area (Å²) in [6, 6.07) is 16.6. The Labute approximate surface area is 189 Å². The third kappa shape index (κ3) is 9.64. The van der Waals surface area contributed by atoms with E-state index >= 15 is 0 Å². The lowest BCUT2D eigenvalue weighted by Gasteiger charge is -2.17. The molecule has 172 valence electrons. The van der Waals surface area contributed by atoms with Crippen molar-refractivity contribution in [1.82, 2.24) is 10.6 Å². The highest BCUT2D eigenvalue weighted by atomic mass is 16.5. The number of benzene rings is 2. The van der Waals surface area contributed by atoms with Crippen LogP contribution in [0.3, 0.4) is 0 Å². The van der Waals surface area contributed by atoms with Gasteiger partial charge in [-0.2, -0.15) is 0 Å². The number of rotatable bonds is 12. The fourth-order valence-corrected chi connectivity index (χ4v) is 3.23. The number of hydrogen-bond donors (Lipinski definition) is 2. The van der Waals surface area contributed by atoms with Crippen LogP contribution in [0.1, 0.15) is 42.4 Å². The van der Waals surface area contributed by atoms with Crippen LogP contribution in [0.4, 0.5) is 4.79 Å². The van der Waals surface area contributed by atoms with Crippen molar-refractivity contribution in [2.75, 3.05) is 13.7 Å². The first-order valence-electron chi connectivity index (χ1n) is 10.8. The van der Waals surface area contributed by atoms with Gasteiger partial charge in [-0.05, 0) is 30.9 Å². The molecule has 2 N–H and O–H groups in total. The number of carbonyl (C=O) groups is 3. The zero-order chi connectivity index (χ0) is 23.2. The average Bonchev–Trinajstić information content (AvgIpc) is 2.79. The monoisotopic (exact) mass is 440 g/mol. The summed E-state index contributed by atoms with van der Waals surface area (Å²) < 4.78 is 9.99. The molecule has 2 rings (SSSR count). The summed E-state index contributed by atoms with van der Waals surface area (Å²) >= 11 is 0. The SMILES string of the molecule is COC(=O)[C@H](Cc1cccc(C)c1)NC(=O)CCCCCNC(=O)OCc1ccccc1. The molecule has 2 aromatic carbocycles. The number of methoxy groups -OCH3 is 1. The highest BCUT2D eigenvalue weighted by Gasteiger charge is 2.21. The maximum atomic E-state index is 12.3. The van der Waals surface area contributed by atoms with Crippen LogP contribution in [0, 0.1) is 6.92 Å². The Hall–Kier alpha value is -3.35. The molecule has 0 unspecified atom stereocenters. The number of hydrogen-bond acceptors (Lipinski definition) is 5. The van der Waals surface area contributed by atoms with Gasteiger partial charge in [0.2, 0.25) is 5.91 Å². The minimum atomic E-state index is -0.713. The summed E-state index contributed by atoms with van der Waals surface area (Å²) in [5.74, 6) is -0.652. The van der Waals surface area contributed by atoms with E-state index in [0.29, 0.717) is 25.8 Å². The first-order chi connectivity index (χ1) is 15.5. The average molecular weight is 441 g/mol. The molecule has 0 aliphatic carbocycles. The molecular formula is C25H32N2O5. The van der Waals surface area contributed by atoms with Crippen molar-refractivity contribution >= 4 is 18.0 Å². The second-order valence-corrected chi connectivity index (χ2v) is 7.64. The summed E-state index contributed by atoms with van der Waals surface area (Å²) in [7, 11) is 1.32. The van der Waals surface area contributed by atoms with Gasteiger partial charge in [0.1, 0.15) is 12.6 Å². The van der Waals surface area contributed by atoms with E-state index in [2.05, 4.69) is 10.6 Å². The van der Waals surface area contributed by atoms with E-state index in [-0.39, 0.29) is 12.5 Å². The van der Waals surface area contributed by atoms with E-state index in [0.717, 1.165) is 29.5 Å². The van der Waals surface area contributed by atoms with Crippen molar-refractivity contribution in [3.63, 3.8) is 0 Å². The standard InChI is InChI=1S/C25H32N2O5/c1-19-10-9-13-21(16-19)17-22(24(29)31-2)27-23(28)14-7-4-8-15-26-25(30)32-18-20-11-5-3-6-12-20/h3,5-6,9-13,16,22H,4,7-8,14-15,17-18H2,1-2H3,(H,26,30)(H,27,28)/t22-/m0/s1. The van der Waals surface area contributed by atoms with Crippen LogP contribution in [0.5, 0.6) is 0 Å². The van der Waals surface area contributed by atoms with Gasteiger partial charge in [0.15, 0.2) is 0 Å². The Kier molecular flexibility index (Phi) is 10.8. The molecule has 0 bridgehead atoms. The Balaban J connectivity index is 1.61. The fraction of sp³-hybridized carbons (Fsp3) is 0.400. The van der Waals surface area contributed by atoms with E-state index in [1.165, 1.54) is 7.11 Å².